The van der Waals surface area contributed by atoms with Crippen LogP contribution in [0.5, 0.6) is 0 Å². The number of hydrogen-bond donors (Lipinski definition) is 0. The van der Waals surface area contributed by atoms with Crippen molar-refractivity contribution in [2.75, 3.05) is 13.2 Å². The molecule has 0 bridgehead atoms. The second kappa shape index (κ2) is 9.87. The van der Waals surface area contributed by atoms with E-state index in [2.05, 4.69) is 10.0 Å². The van der Waals surface area contributed by atoms with Crippen LogP contribution in [0.4, 0.5) is 0 Å². The van der Waals surface area contributed by atoms with E-state index in [1.54, 1.807) is 0 Å². The predicted octanol–water partition coefficient (Wildman–Crippen LogP) is 4.02. The van der Waals surface area contributed by atoms with Gasteiger partial charge in [-0.3, -0.25) is 0 Å². The molecule has 0 radical (unpaired) electrons. The summed E-state index contributed by atoms with van der Waals surface area (Å²) in [6.07, 6.45) is -0.105. The maximum Gasteiger partial charge on any atom is 0.115 e. The zero-order chi connectivity index (χ0) is 19.9. The lowest BCUT2D eigenvalue weighted by Gasteiger charge is -2.24. The molecule has 2 fully saturated rings. The highest BCUT2D eigenvalue weighted by molar-refractivity contribution is 5.14. The van der Waals surface area contributed by atoms with Gasteiger partial charge in [0, 0.05) is 11.3 Å². The summed E-state index contributed by atoms with van der Waals surface area (Å²) in [4.78, 5) is 2.83. The van der Waals surface area contributed by atoms with Crippen LogP contribution in [0.15, 0.2) is 65.8 Å². The van der Waals surface area contributed by atoms with E-state index in [1.807, 2.05) is 60.7 Å². The lowest BCUT2D eigenvalue weighted by Crippen LogP contribution is -2.37. The molecule has 0 aromatic heterocycles. The Morgan fingerprint density at radius 2 is 1.66 bits per heavy atom. The zero-order valence-corrected chi connectivity index (χ0v) is 16.2. The minimum absolute atomic E-state index is 0.0695. The first-order valence-electron chi connectivity index (χ1n) is 9.92. The molecule has 0 spiro atoms. The third-order valence-electron chi connectivity index (χ3n) is 5.28. The van der Waals surface area contributed by atoms with Crippen LogP contribution >= 0.6 is 0 Å². The Morgan fingerprint density at radius 1 is 0.966 bits per heavy atom. The molecule has 2 aliphatic rings. The third kappa shape index (κ3) is 5.15. The van der Waals surface area contributed by atoms with Gasteiger partial charge in [0.05, 0.1) is 38.6 Å². The average molecular weight is 395 g/mol. The second-order valence-corrected chi connectivity index (χ2v) is 7.35. The molecule has 7 nitrogen and oxygen atoms in total. The Kier molecular flexibility index (Phi) is 6.77. The predicted molar refractivity (Wildman–Crippen MR) is 107 cm³/mol. The summed E-state index contributed by atoms with van der Waals surface area (Å²) >= 11 is 0. The van der Waals surface area contributed by atoms with Crippen LogP contribution in [0.3, 0.4) is 0 Å². The molecule has 5 atom stereocenters. The fourth-order valence-electron chi connectivity index (χ4n) is 3.91. The van der Waals surface area contributed by atoms with Gasteiger partial charge >= 0.3 is 0 Å². The number of hydrogen-bond acceptors (Lipinski definition) is 5. The number of benzene rings is 2. The number of nitrogens with zero attached hydrogens (tertiary/aromatic N) is 3. The summed E-state index contributed by atoms with van der Waals surface area (Å²) < 4.78 is 24.5. The molecular weight excluding hydrogens is 370 g/mol. The van der Waals surface area contributed by atoms with Crippen molar-refractivity contribution < 1.29 is 18.9 Å². The lowest BCUT2D eigenvalue weighted by atomic mass is 10.1. The summed E-state index contributed by atoms with van der Waals surface area (Å²) in [6.45, 7) is 1.76. The standard InChI is InChI=1S/C22H25N3O4/c23-25-24-12-18-11-19-22(28-18)21(27-14-17-9-5-2-6-10-17)20(29-19)15-26-13-16-7-3-1-4-8-16/h1-10,18-22H,11-15H2/t18?,19-,20+,21+,22+/m0/s1. The molecule has 0 N–H and O–H groups in total. The molecule has 2 aromatic carbocycles. The Morgan fingerprint density at radius 3 is 2.34 bits per heavy atom. The Hall–Kier alpha value is -2.41. The molecule has 0 saturated carbocycles. The van der Waals surface area contributed by atoms with Gasteiger partial charge in [-0.2, -0.15) is 0 Å². The Balaban J connectivity index is 1.37. The third-order valence-corrected chi connectivity index (χ3v) is 5.28. The van der Waals surface area contributed by atoms with Gasteiger partial charge in [0.15, 0.2) is 0 Å². The highest BCUT2D eigenvalue weighted by Crippen LogP contribution is 2.36. The van der Waals surface area contributed by atoms with E-state index in [0.717, 1.165) is 11.1 Å². The second-order valence-electron chi connectivity index (χ2n) is 7.35. The molecule has 4 rings (SSSR count). The first kappa shape index (κ1) is 19.9. The molecule has 2 aromatic rings. The smallest absolute Gasteiger partial charge is 0.115 e. The van der Waals surface area contributed by atoms with Crippen molar-refractivity contribution >= 4 is 0 Å². The fourth-order valence-corrected chi connectivity index (χ4v) is 3.91. The molecule has 0 aliphatic carbocycles. The van der Waals surface area contributed by atoms with E-state index in [9.17, 15) is 0 Å². The molecular formula is C22H25N3O4. The van der Waals surface area contributed by atoms with Gasteiger partial charge in [-0.15, -0.1) is 0 Å². The van der Waals surface area contributed by atoms with Crippen molar-refractivity contribution in [3.05, 3.63) is 82.2 Å². The molecule has 7 heteroatoms. The van der Waals surface area contributed by atoms with Gasteiger partial charge < -0.3 is 18.9 Å². The minimum Gasteiger partial charge on any atom is -0.374 e. The van der Waals surface area contributed by atoms with Gasteiger partial charge in [-0.05, 0) is 16.7 Å². The zero-order valence-electron chi connectivity index (χ0n) is 16.2. The van der Waals surface area contributed by atoms with Crippen LogP contribution in [0.1, 0.15) is 17.5 Å². The van der Waals surface area contributed by atoms with Crippen LogP contribution in [0.25, 0.3) is 10.4 Å². The molecule has 2 heterocycles. The number of rotatable bonds is 9. The van der Waals surface area contributed by atoms with Gasteiger partial charge in [0.2, 0.25) is 0 Å². The topological polar surface area (TPSA) is 85.7 Å². The Bertz CT molecular complexity index is 813. The maximum atomic E-state index is 8.56. The summed E-state index contributed by atoms with van der Waals surface area (Å²) in [5.74, 6) is 0. The SMILES string of the molecule is [N-]=[N+]=NCC1C[C@@H]2O[C@H](COCc3ccccc3)[C@@H](OCc3ccccc3)[C@@H]2O1. The first-order chi connectivity index (χ1) is 14.3. The van der Waals surface area contributed by atoms with Crippen molar-refractivity contribution in [2.24, 2.45) is 5.11 Å². The van der Waals surface area contributed by atoms with Crippen molar-refractivity contribution in [1.82, 2.24) is 0 Å². The van der Waals surface area contributed by atoms with Gasteiger partial charge in [-0.1, -0.05) is 65.8 Å². The van der Waals surface area contributed by atoms with E-state index in [4.69, 9.17) is 24.5 Å². The molecule has 2 saturated heterocycles. The fraction of sp³-hybridized carbons (Fsp3) is 0.455. The van der Waals surface area contributed by atoms with Crippen LogP contribution < -0.4 is 0 Å². The number of azide groups is 1. The normalized spacial score (nSPS) is 28.1. The van der Waals surface area contributed by atoms with Crippen LogP contribution in [0, 0.1) is 0 Å². The summed E-state index contributed by atoms with van der Waals surface area (Å²) in [5.41, 5.74) is 10.8. The van der Waals surface area contributed by atoms with Crippen molar-refractivity contribution in [1.29, 1.82) is 0 Å². The number of fused-ring (bicyclic) bond motifs is 1. The molecule has 152 valence electrons. The quantitative estimate of drug-likeness (QED) is 0.364. The highest BCUT2D eigenvalue weighted by Gasteiger charge is 2.51. The molecule has 1 unspecified atom stereocenters. The van der Waals surface area contributed by atoms with E-state index >= 15 is 0 Å². The van der Waals surface area contributed by atoms with Gasteiger partial charge in [0.25, 0.3) is 0 Å². The van der Waals surface area contributed by atoms with E-state index < -0.39 is 0 Å². The molecule has 2 aliphatic heterocycles. The Labute approximate surface area is 170 Å². The summed E-state index contributed by atoms with van der Waals surface area (Å²) in [7, 11) is 0. The van der Waals surface area contributed by atoms with Crippen molar-refractivity contribution in [2.45, 2.75) is 50.2 Å². The lowest BCUT2D eigenvalue weighted by molar-refractivity contribution is -0.100. The summed E-state index contributed by atoms with van der Waals surface area (Å²) in [5, 5.41) is 3.64. The highest BCUT2D eigenvalue weighted by atomic mass is 16.6. The van der Waals surface area contributed by atoms with Gasteiger partial charge in [-0.25, -0.2) is 0 Å². The van der Waals surface area contributed by atoms with E-state index in [0.29, 0.717) is 32.8 Å². The summed E-state index contributed by atoms with van der Waals surface area (Å²) in [6, 6.07) is 20.1. The maximum absolute atomic E-state index is 8.56. The average Bonchev–Trinajstić information content (AvgIpc) is 3.29. The molecule has 0 amide bonds. The van der Waals surface area contributed by atoms with E-state index in [-0.39, 0.29) is 30.5 Å². The largest absolute Gasteiger partial charge is 0.374 e. The number of ether oxygens (including phenoxy) is 4. The van der Waals surface area contributed by atoms with Crippen LogP contribution in [-0.4, -0.2) is 43.7 Å². The van der Waals surface area contributed by atoms with Crippen LogP contribution in [-0.2, 0) is 32.2 Å². The first-order valence-corrected chi connectivity index (χ1v) is 9.92. The minimum atomic E-state index is -0.230. The monoisotopic (exact) mass is 395 g/mol. The van der Waals surface area contributed by atoms with Crippen molar-refractivity contribution in [3.63, 3.8) is 0 Å². The van der Waals surface area contributed by atoms with E-state index in [1.165, 1.54) is 0 Å². The molecule has 29 heavy (non-hydrogen) atoms. The van der Waals surface area contributed by atoms with Gasteiger partial charge in [0.1, 0.15) is 18.3 Å². The van der Waals surface area contributed by atoms with Crippen LogP contribution in [0.2, 0.25) is 0 Å². The van der Waals surface area contributed by atoms with Crippen molar-refractivity contribution in [3.8, 4) is 0 Å².